The molecule has 0 aliphatic rings. The van der Waals surface area contributed by atoms with Crippen molar-refractivity contribution in [2.24, 2.45) is 0 Å². The van der Waals surface area contributed by atoms with Crippen molar-refractivity contribution in [2.45, 2.75) is 92.9 Å². The maximum absolute atomic E-state index is 5.79. The van der Waals surface area contributed by atoms with Crippen LogP contribution >= 0.6 is 11.6 Å². The second-order valence-electron chi connectivity index (χ2n) is 11.8. The third kappa shape index (κ3) is 15.0. The molecule has 4 aromatic carbocycles. The lowest BCUT2D eigenvalue weighted by Gasteiger charge is -2.06. The van der Waals surface area contributed by atoms with Gasteiger partial charge in [0.25, 0.3) is 0 Å². The third-order valence-electron chi connectivity index (χ3n) is 6.69. The lowest BCUT2D eigenvalue weighted by atomic mass is 10.0. The molecular weight excluding hydrogens is 520 g/mol. The standard InChI is InChI=1S/C10H14O.2C10H14.C9H11Cl/c1-8(2)9-5-4-6-10(7-9)11-3;2*1-8(2)10-6-4-5-9(3)7-10;1-7(2)8-4-3-5-9(10)6-8/h4-8H,1-3H3;2*4-8H,1-3H3;3-7H,1-2H3. The predicted molar refractivity (Wildman–Crippen MR) is 183 cm³/mol. The van der Waals surface area contributed by atoms with Gasteiger partial charge in [0, 0.05) is 5.02 Å². The number of benzene rings is 4. The maximum Gasteiger partial charge on any atom is 0.119 e. The first-order valence-electron chi connectivity index (χ1n) is 14.9. The van der Waals surface area contributed by atoms with Crippen LogP contribution in [-0.4, -0.2) is 7.11 Å². The Morgan fingerprint density at radius 1 is 0.463 bits per heavy atom. The zero-order chi connectivity index (χ0) is 30.9. The van der Waals surface area contributed by atoms with Crippen molar-refractivity contribution in [3.63, 3.8) is 0 Å². The SMILES string of the molecule is CC(C)c1cccc(Cl)c1.COc1cccc(C(C)C)c1.Cc1cccc(C(C)C)c1.Cc1cccc(C(C)C)c1. The summed E-state index contributed by atoms with van der Waals surface area (Å²) in [5, 5.41) is 0.825. The van der Waals surface area contributed by atoms with Crippen molar-refractivity contribution in [1.29, 1.82) is 0 Å². The minimum absolute atomic E-state index is 0.568. The number of methoxy groups -OCH3 is 1. The van der Waals surface area contributed by atoms with Crippen LogP contribution in [0.4, 0.5) is 0 Å². The normalized spacial score (nSPS) is 10.3. The molecule has 0 bridgehead atoms. The van der Waals surface area contributed by atoms with E-state index in [-0.39, 0.29) is 0 Å². The zero-order valence-corrected chi connectivity index (χ0v) is 28.1. The van der Waals surface area contributed by atoms with Crippen LogP contribution in [0, 0.1) is 13.8 Å². The molecule has 4 rings (SSSR count). The topological polar surface area (TPSA) is 9.23 Å². The predicted octanol–water partition coefficient (Wildman–Crippen LogP) is 12.5. The first-order chi connectivity index (χ1) is 19.3. The van der Waals surface area contributed by atoms with Crippen LogP contribution in [0.5, 0.6) is 5.75 Å². The molecule has 0 aromatic heterocycles. The average molecular weight is 573 g/mol. The van der Waals surface area contributed by atoms with Gasteiger partial charge in [0.15, 0.2) is 0 Å². The van der Waals surface area contributed by atoms with Gasteiger partial charge in [-0.25, -0.2) is 0 Å². The first kappa shape index (κ1) is 36.0. The molecule has 0 aliphatic carbocycles. The number of hydrogen-bond acceptors (Lipinski definition) is 1. The Hall–Kier alpha value is -3.03. The summed E-state index contributed by atoms with van der Waals surface area (Å²) in [5.74, 6) is 3.39. The van der Waals surface area contributed by atoms with Gasteiger partial charge in [-0.15, -0.1) is 0 Å². The highest BCUT2D eigenvalue weighted by Gasteiger charge is 2.00. The fourth-order valence-electron chi connectivity index (χ4n) is 3.92. The van der Waals surface area contributed by atoms with E-state index >= 15 is 0 Å². The summed E-state index contributed by atoms with van der Waals surface area (Å²) in [6, 6.07) is 33.5. The van der Waals surface area contributed by atoms with Crippen molar-refractivity contribution < 1.29 is 4.74 Å². The van der Waals surface area contributed by atoms with Crippen molar-refractivity contribution in [3.8, 4) is 5.75 Å². The molecule has 0 N–H and O–H groups in total. The van der Waals surface area contributed by atoms with Crippen LogP contribution in [0.1, 0.15) is 112 Å². The van der Waals surface area contributed by atoms with Gasteiger partial charge in [-0.1, -0.05) is 151 Å². The second-order valence-corrected chi connectivity index (χ2v) is 12.2. The molecule has 4 aromatic rings. The summed E-state index contributed by atoms with van der Waals surface area (Å²) < 4.78 is 5.11. The van der Waals surface area contributed by atoms with Gasteiger partial charge in [-0.05, 0) is 84.0 Å². The molecule has 1 nitrogen and oxygen atoms in total. The number of hydrogen-bond donors (Lipinski definition) is 0. The smallest absolute Gasteiger partial charge is 0.119 e. The van der Waals surface area contributed by atoms with E-state index in [0.717, 1.165) is 10.8 Å². The minimum atomic E-state index is 0.568. The van der Waals surface area contributed by atoms with E-state index in [4.69, 9.17) is 16.3 Å². The molecule has 41 heavy (non-hydrogen) atoms. The van der Waals surface area contributed by atoms with E-state index in [9.17, 15) is 0 Å². The molecule has 0 fully saturated rings. The molecule has 0 atom stereocenters. The van der Waals surface area contributed by atoms with E-state index in [1.54, 1.807) is 7.11 Å². The monoisotopic (exact) mass is 572 g/mol. The van der Waals surface area contributed by atoms with Gasteiger partial charge >= 0.3 is 0 Å². The van der Waals surface area contributed by atoms with Crippen LogP contribution < -0.4 is 4.74 Å². The van der Waals surface area contributed by atoms with Crippen LogP contribution in [0.25, 0.3) is 0 Å². The fraction of sp³-hybridized carbons (Fsp3) is 0.385. The molecular formula is C39H53ClO. The van der Waals surface area contributed by atoms with E-state index < -0.39 is 0 Å². The summed E-state index contributed by atoms with van der Waals surface area (Å²) in [6.07, 6.45) is 0. The molecule has 222 valence electrons. The number of aryl methyl sites for hydroxylation is 2. The van der Waals surface area contributed by atoms with Gasteiger partial charge in [0.05, 0.1) is 7.11 Å². The number of rotatable bonds is 5. The maximum atomic E-state index is 5.79. The average Bonchev–Trinajstić information content (AvgIpc) is 2.94. The van der Waals surface area contributed by atoms with Gasteiger partial charge in [-0.2, -0.15) is 0 Å². The van der Waals surface area contributed by atoms with Gasteiger partial charge < -0.3 is 4.74 Å². The van der Waals surface area contributed by atoms with Gasteiger partial charge in [-0.3, -0.25) is 0 Å². The summed E-state index contributed by atoms with van der Waals surface area (Å²) in [4.78, 5) is 0. The molecule has 2 heteroatoms. The molecule has 0 saturated heterocycles. The van der Waals surface area contributed by atoms with E-state index in [2.05, 4.69) is 136 Å². The summed E-state index contributed by atoms with van der Waals surface area (Å²) in [7, 11) is 1.69. The largest absolute Gasteiger partial charge is 0.497 e. The first-order valence-corrected chi connectivity index (χ1v) is 15.2. The third-order valence-corrected chi connectivity index (χ3v) is 6.93. The molecule has 0 unspecified atom stereocenters. The summed E-state index contributed by atoms with van der Waals surface area (Å²) >= 11 is 5.79. The molecule has 0 radical (unpaired) electrons. The lowest BCUT2D eigenvalue weighted by Crippen LogP contribution is -1.88. The Bertz CT molecular complexity index is 1150. The van der Waals surface area contributed by atoms with Crippen molar-refractivity contribution in [1.82, 2.24) is 0 Å². The second kappa shape index (κ2) is 19.2. The minimum Gasteiger partial charge on any atom is -0.497 e. The lowest BCUT2D eigenvalue weighted by molar-refractivity contribution is 0.414. The Morgan fingerprint density at radius 3 is 1.10 bits per heavy atom. The van der Waals surface area contributed by atoms with E-state index in [1.807, 2.05) is 30.3 Å². The summed E-state index contributed by atoms with van der Waals surface area (Å²) in [5.41, 5.74) is 8.19. The van der Waals surface area contributed by atoms with Gasteiger partial charge in [0.1, 0.15) is 5.75 Å². The van der Waals surface area contributed by atoms with Crippen LogP contribution in [0.15, 0.2) is 97.1 Å². The molecule has 0 heterocycles. The number of ether oxygens (including phenoxy) is 1. The van der Waals surface area contributed by atoms with Crippen LogP contribution in [-0.2, 0) is 0 Å². The molecule has 0 saturated carbocycles. The highest BCUT2D eigenvalue weighted by atomic mass is 35.5. The van der Waals surface area contributed by atoms with Crippen molar-refractivity contribution >= 4 is 11.6 Å². The molecule has 0 spiro atoms. The highest BCUT2D eigenvalue weighted by molar-refractivity contribution is 6.30. The fourth-order valence-corrected chi connectivity index (χ4v) is 4.12. The van der Waals surface area contributed by atoms with Gasteiger partial charge in [0.2, 0.25) is 0 Å². The Kier molecular flexibility index (Phi) is 16.8. The Labute approximate surface area is 257 Å². The quantitative estimate of drug-likeness (QED) is 0.231. The molecule has 0 amide bonds. The highest BCUT2D eigenvalue weighted by Crippen LogP contribution is 2.20. The Balaban J connectivity index is 0.000000274. The van der Waals surface area contributed by atoms with Crippen molar-refractivity contribution in [2.75, 3.05) is 7.11 Å². The number of halogens is 1. The van der Waals surface area contributed by atoms with Crippen molar-refractivity contribution in [3.05, 3.63) is 135 Å². The Morgan fingerprint density at radius 2 is 0.805 bits per heavy atom. The van der Waals surface area contributed by atoms with Crippen LogP contribution in [0.3, 0.4) is 0 Å². The van der Waals surface area contributed by atoms with Crippen LogP contribution in [0.2, 0.25) is 5.02 Å². The summed E-state index contributed by atoms with van der Waals surface area (Å²) in [6.45, 7) is 21.8. The molecule has 0 aliphatic heterocycles. The van der Waals surface area contributed by atoms with E-state index in [1.165, 1.54) is 33.4 Å². The zero-order valence-electron chi connectivity index (χ0n) is 27.3. The van der Waals surface area contributed by atoms with E-state index in [0.29, 0.717) is 23.7 Å².